The predicted octanol–water partition coefficient (Wildman–Crippen LogP) is 3.53. The van der Waals surface area contributed by atoms with Crippen molar-refractivity contribution in [3.63, 3.8) is 0 Å². The van der Waals surface area contributed by atoms with Crippen LogP contribution < -0.4 is 10.1 Å². The molecule has 2 heterocycles. The molecule has 2 aromatic rings. The molecule has 156 valence electrons. The average molecular weight is 437 g/mol. The molecule has 1 aliphatic rings. The number of thiophene rings is 1. The molecule has 0 radical (unpaired) electrons. The molecule has 0 aliphatic carbocycles. The molecule has 0 unspecified atom stereocenters. The Bertz CT molecular complexity index is 965. The SMILES string of the molecule is CCOc1ccc(NC(=O)CCC(=O)c2cccs2)cc1S(=O)(=O)N1CCCC1. The van der Waals surface area contributed by atoms with Gasteiger partial charge in [-0.15, -0.1) is 11.3 Å². The van der Waals surface area contributed by atoms with E-state index in [1.165, 1.54) is 21.7 Å². The number of carbonyl (C=O) groups excluding carboxylic acids is 2. The number of nitrogens with zero attached hydrogens (tertiary/aromatic N) is 1. The molecule has 1 aromatic carbocycles. The fourth-order valence-electron chi connectivity index (χ4n) is 3.14. The summed E-state index contributed by atoms with van der Waals surface area (Å²) < 4.78 is 33.0. The first-order valence-electron chi connectivity index (χ1n) is 9.55. The highest BCUT2D eigenvalue weighted by atomic mass is 32.2. The molecule has 1 saturated heterocycles. The number of hydrogen-bond donors (Lipinski definition) is 1. The number of hydrogen-bond acceptors (Lipinski definition) is 6. The van der Waals surface area contributed by atoms with Crippen LogP contribution in [0.1, 0.15) is 42.3 Å². The first kappa shape index (κ1) is 21.5. The number of carbonyl (C=O) groups is 2. The van der Waals surface area contributed by atoms with Crippen molar-refractivity contribution >= 4 is 38.7 Å². The van der Waals surface area contributed by atoms with Crippen molar-refractivity contribution in [2.75, 3.05) is 25.0 Å². The Balaban J connectivity index is 1.72. The van der Waals surface area contributed by atoms with Crippen molar-refractivity contribution in [1.82, 2.24) is 4.31 Å². The summed E-state index contributed by atoms with van der Waals surface area (Å²) in [7, 11) is -3.70. The average Bonchev–Trinajstić information content (AvgIpc) is 3.41. The van der Waals surface area contributed by atoms with Crippen molar-refractivity contribution in [3.8, 4) is 5.75 Å². The number of ketones is 1. The lowest BCUT2D eigenvalue weighted by Crippen LogP contribution is -2.28. The second kappa shape index (κ2) is 9.51. The summed E-state index contributed by atoms with van der Waals surface area (Å²) in [5, 5.41) is 4.50. The summed E-state index contributed by atoms with van der Waals surface area (Å²) in [6, 6.07) is 8.11. The third kappa shape index (κ3) is 5.23. The standard InChI is InChI=1S/C20H24N2O5S2/c1-2-27-17-9-7-15(14-19(17)29(25,26)22-11-3-4-12-22)21-20(24)10-8-16(23)18-6-5-13-28-18/h5-7,9,13-14H,2-4,8,10-12H2,1H3,(H,21,24). The quantitative estimate of drug-likeness (QED) is 0.607. The van der Waals surface area contributed by atoms with Crippen LogP contribution in [0.2, 0.25) is 0 Å². The zero-order chi connectivity index (χ0) is 20.9. The number of anilines is 1. The fourth-order valence-corrected chi connectivity index (χ4v) is 5.51. The van der Waals surface area contributed by atoms with Crippen molar-refractivity contribution in [3.05, 3.63) is 40.6 Å². The van der Waals surface area contributed by atoms with E-state index >= 15 is 0 Å². The van der Waals surface area contributed by atoms with Crippen molar-refractivity contribution < 1.29 is 22.7 Å². The van der Waals surface area contributed by atoms with Gasteiger partial charge in [-0.3, -0.25) is 9.59 Å². The third-order valence-corrected chi connectivity index (χ3v) is 7.42. The monoisotopic (exact) mass is 436 g/mol. The highest BCUT2D eigenvalue weighted by molar-refractivity contribution is 7.89. The molecule has 1 amide bonds. The molecule has 1 aromatic heterocycles. The number of benzene rings is 1. The zero-order valence-corrected chi connectivity index (χ0v) is 17.9. The Morgan fingerprint density at radius 2 is 1.93 bits per heavy atom. The third-order valence-electron chi connectivity index (χ3n) is 4.59. The van der Waals surface area contributed by atoms with Crippen LogP contribution in [0.4, 0.5) is 5.69 Å². The predicted molar refractivity (Wildman–Crippen MR) is 112 cm³/mol. The minimum absolute atomic E-state index is 0.0259. The van der Waals surface area contributed by atoms with E-state index < -0.39 is 10.0 Å². The van der Waals surface area contributed by atoms with Gasteiger partial charge in [0.05, 0.1) is 11.5 Å². The summed E-state index contributed by atoms with van der Waals surface area (Å²) in [6.45, 7) is 3.08. The molecule has 1 N–H and O–H groups in total. The number of rotatable bonds is 9. The topological polar surface area (TPSA) is 92.8 Å². The van der Waals surface area contributed by atoms with E-state index in [1.54, 1.807) is 31.2 Å². The van der Waals surface area contributed by atoms with Crippen LogP contribution in [0.5, 0.6) is 5.75 Å². The molecule has 0 saturated carbocycles. The summed E-state index contributed by atoms with van der Waals surface area (Å²) in [5.41, 5.74) is 0.361. The maximum atomic E-state index is 13.0. The molecule has 3 rings (SSSR count). The van der Waals surface area contributed by atoms with Crippen LogP contribution in [0.15, 0.2) is 40.6 Å². The molecule has 1 fully saturated rings. The smallest absolute Gasteiger partial charge is 0.246 e. The normalized spacial score (nSPS) is 14.7. The van der Waals surface area contributed by atoms with Gasteiger partial charge < -0.3 is 10.1 Å². The van der Waals surface area contributed by atoms with Crippen molar-refractivity contribution in [2.45, 2.75) is 37.5 Å². The van der Waals surface area contributed by atoms with Gasteiger partial charge in [0, 0.05) is 31.6 Å². The summed E-state index contributed by atoms with van der Waals surface area (Å²) in [6.07, 6.45) is 1.79. The maximum Gasteiger partial charge on any atom is 0.246 e. The van der Waals surface area contributed by atoms with Gasteiger partial charge in [-0.1, -0.05) is 6.07 Å². The number of amides is 1. The van der Waals surface area contributed by atoms with E-state index in [4.69, 9.17) is 4.74 Å². The molecule has 7 nitrogen and oxygen atoms in total. The van der Waals surface area contributed by atoms with Crippen LogP contribution >= 0.6 is 11.3 Å². The van der Waals surface area contributed by atoms with Gasteiger partial charge in [0.25, 0.3) is 0 Å². The molecule has 29 heavy (non-hydrogen) atoms. The Morgan fingerprint density at radius 3 is 2.59 bits per heavy atom. The maximum absolute atomic E-state index is 13.0. The Labute approximate surface area is 174 Å². The van der Waals surface area contributed by atoms with Gasteiger partial charge in [-0.2, -0.15) is 4.31 Å². The molecule has 1 aliphatic heterocycles. The summed E-state index contributed by atoms with van der Waals surface area (Å²) in [5.74, 6) is -0.159. The van der Waals surface area contributed by atoms with E-state index in [9.17, 15) is 18.0 Å². The van der Waals surface area contributed by atoms with Crippen molar-refractivity contribution in [1.29, 1.82) is 0 Å². The lowest BCUT2D eigenvalue weighted by atomic mass is 10.2. The second-order valence-electron chi connectivity index (χ2n) is 6.65. The molecule has 0 atom stereocenters. The van der Waals surface area contributed by atoms with Gasteiger partial charge in [0.15, 0.2) is 5.78 Å². The molecular formula is C20H24N2O5S2. The Hall–Kier alpha value is -2.23. The van der Waals surface area contributed by atoms with Crippen LogP contribution in [-0.2, 0) is 14.8 Å². The van der Waals surface area contributed by atoms with Crippen LogP contribution in [0.3, 0.4) is 0 Å². The van der Waals surface area contributed by atoms with E-state index in [0.29, 0.717) is 30.3 Å². The minimum Gasteiger partial charge on any atom is -0.492 e. The number of ether oxygens (including phenoxy) is 1. The van der Waals surface area contributed by atoms with Crippen LogP contribution in [0.25, 0.3) is 0 Å². The summed E-state index contributed by atoms with van der Waals surface area (Å²) in [4.78, 5) is 25.0. The highest BCUT2D eigenvalue weighted by Gasteiger charge is 2.30. The van der Waals surface area contributed by atoms with E-state index in [0.717, 1.165) is 12.8 Å². The minimum atomic E-state index is -3.70. The van der Waals surface area contributed by atoms with E-state index in [2.05, 4.69) is 5.32 Å². The lowest BCUT2D eigenvalue weighted by Gasteiger charge is -2.19. The van der Waals surface area contributed by atoms with Crippen molar-refractivity contribution in [2.24, 2.45) is 0 Å². The Morgan fingerprint density at radius 1 is 1.17 bits per heavy atom. The molecule has 0 spiro atoms. The van der Waals surface area contributed by atoms with Gasteiger partial charge >= 0.3 is 0 Å². The first-order valence-corrected chi connectivity index (χ1v) is 11.9. The van der Waals surface area contributed by atoms with Crippen LogP contribution in [0, 0.1) is 0 Å². The van der Waals surface area contributed by atoms with Gasteiger partial charge in [0.2, 0.25) is 15.9 Å². The lowest BCUT2D eigenvalue weighted by molar-refractivity contribution is -0.116. The molecule has 0 bridgehead atoms. The zero-order valence-electron chi connectivity index (χ0n) is 16.2. The number of sulfonamides is 1. The van der Waals surface area contributed by atoms with Gasteiger partial charge in [-0.05, 0) is 49.4 Å². The second-order valence-corrected chi connectivity index (χ2v) is 9.51. The first-order chi connectivity index (χ1) is 13.9. The van der Waals surface area contributed by atoms with Gasteiger partial charge in [0.1, 0.15) is 10.6 Å². The Kier molecular flexibility index (Phi) is 7.05. The van der Waals surface area contributed by atoms with E-state index in [-0.39, 0.29) is 35.2 Å². The van der Waals surface area contributed by atoms with Gasteiger partial charge in [-0.25, -0.2) is 8.42 Å². The largest absolute Gasteiger partial charge is 0.492 e. The highest BCUT2D eigenvalue weighted by Crippen LogP contribution is 2.31. The number of Topliss-reactive ketones (excluding diaryl/α,β-unsaturated/α-hetero) is 1. The summed E-state index contributed by atoms with van der Waals surface area (Å²) >= 11 is 1.34. The van der Waals surface area contributed by atoms with E-state index in [1.807, 2.05) is 5.38 Å². The molecular weight excluding hydrogens is 412 g/mol. The fraction of sp³-hybridized carbons (Fsp3) is 0.400. The van der Waals surface area contributed by atoms with Crippen LogP contribution in [-0.4, -0.2) is 44.1 Å². The molecule has 9 heteroatoms. The number of nitrogens with one attached hydrogen (secondary N) is 1.